The van der Waals surface area contributed by atoms with E-state index in [1.807, 2.05) is 0 Å². The molecule has 4 rings (SSSR count). The van der Waals surface area contributed by atoms with Gasteiger partial charge in [-0.05, 0) is 38.0 Å². The third kappa shape index (κ3) is 4.33. The monoisotopic (exact) mass is 475 g/mol. The number of hydrogen-bond donors (Lipinski definition) is 1. The normalized spacial score (nSPS) is 16.7. The van der Waals surface area contributed by atoms with Crippen molar-refractivity contribution in [1.29, 1.82) is 0 Å². The Bertz CT molecular complexity index is 1170. The number of rotatable bonds is 3. The Hall–Kier alpha value is -2.96. The number of aromatic nitrogens is 4. The fraction of sp³-hybridized carbons (Fsp3) is 0.368. The van der Waals surface area contributed by atoms with Gasteiger partial charge in [-0.15, -0.1) is 11.3 Å². The predicted octanol–water partition coefficient (Wildman–Crippen LogP) is 5.01. The molecule has 0 aromatic carbocycles. The summed E-state index contributed by atoms with van der Waals surface area (Å²) in [5, 5.41) is 5.95. The molecule has 0 radical (unpaired) electrons. The summed E-state index contributed by atoms with van der Waals surface area (Å²) in [6.45, 7) is 1.82. The summed E-state index contributed by atoms with van der Waals surface area (Å²) in [6.07, 6.45) is -7.08. The van der Waals surface area contributed by atoms with Gasteiger partial charge in [-0.3, -0.25) is 14.5 Å². The first kappa shape index (κ1) is 22.2. The highest BCUT2D eigenvalue weighted by molar-refractivity contribution is 7.13. The topological polar surface area (TPSA) is 72.7 Å². The number of halogens is 6. The van der Waals surface area contributed by atoms with E-state index in [0.717, 1.165) is 12.3 Å². The number of carbonyl (C=O) groups excluding carboxylic acids is 1. The van der Waals surface area contributed by atoms with Crippen LogP contribution in [0.5, 0.6) is 0 Å². The van der Waals surface area contributed by atoms with Gasteiger partial charge in [0.15, 0.2) is 5.01 Å². The minimum Gasteiger partial charge on any atom is -0.343 e. The number of carbonyl (C=O) groups is 1. The molecule has 3 aromatic heterocycles. The summed E-state index contributed by atoms with van der Waals surface area (Å²) in [5.74, 6) is -0.694. The maximum absolute atomic E-state index is 13.0. The van der Waals surface area contributed by atoms with Gasteiger partial charge in [-0.2, -0.15) is 31.4 Å². The summed E-state index contributed by atoms with van der Waals surface area (Å²) in [5.41, 5.74) is -0.0220. The molecular formula is C19H15F6N5OS. The summed E-state index contributed by atoms with van der Waals surface area (Å²) < 4.78 is 79.2. The third-order valence-electron chi connectivity index (χ3n) is 4.93. The van der Waals surface area contributed by atoms with Gasteiger partial charge in [0.1, 0.15) is 10.6 Å². The maximum atomic E-state index is 13.0. The summed E-state index contributed by atoms with van der Waals surface area (Å²) in [6, 6.07) is 3.30. The van der Waals surface area contributed by atoms with Crippen LogP contribution in [-0.4, -0.2) is 25.7 Å². The molecule has 0 aliphatic carbocycles. The molecule has 1 atom stereocenters. The lowest BCUT2D eigenvalue weighted by molar-refractivity contribution is -0.141. The van der Waals surface area contributed by atoms with Crippen molar-refractivity contribution >= 4 is 17.2 Å². The van der Waals surface area contributed by atoms with Gasteiger partial charge in [0.25, 0.3) is 5.91 Å². The number of pyridine rings is 1. The SMILES string of the molecule is Cc1nc(C(F)(F)F)sc1C(=O)N[C@H]1CCCn2nc(-c3ccnc(C(F)(F)F)c3)cc21. The molecule has 0 spiro atoms. The first-order valence-corrected chi connectivity index (χ1v) is 10.2. The second-order valence-corrected chi connectivity index (χ2v) is 8.20. The fourth-order valence-electron chi connectivity index (χ4n) is 3.47. The van der Waals surface area contributed by atoms with Gasteiger partial charge in [0.05, 0.1) is 23.1 Å². The summed E-state index contributed by atoms with van der Waals surface area (Å²) >= 11 is 0.266. The van der Waals surface area contributed by atoms with E-state index in [1.165, 1.54) is 13.0 Å². The molecule has 1 amide bonds. The van der Waals surface area contributed by atoms with E-state index >= 15 is 0 Å². The number of aryl methyl sites for hydroxylation is 2. The molecule has 0 fully saturated rings. The Morgan fingerprint density at radius 3 is 2.59 bits per heavy atom. The van der Waals surface area contributed by atoms with Crippen molar-refractivity contribution in [3.8, 4) is 11.3 Å². The molecule has 1 N–H and O–H groups in total. The largest absolute Gasteiger partial charge is 0.443 e. The van der Waals surface area contributed by atoms with Crippen LogP contribution in [0, 0.1) is 6.92 Å². The number of thiazole rings is 1. The number of fused-ring (bicyclic) bond motifs is 1. The van der Waals surface area contributed by atoms with Crippen LogP contribution in [0.25, 0.3) is 11.3 Å². The van der Waals surface area contributed by atoms with Crippen molar-refractivity contribution in [3.05, 3.63) is 51.4 Å². The van der Waals surface area contributed by atoms with E-state index < -0.39 is 35.0 Å². The highest BCUT2D eigenvalue weighted by Gasteiger charge is 2.37. The molecule has 3 aromatic rings. The average molecular weight is 475 g/mol. The molecule has 13 heteroatoms. The Morgan fingerprint density at radius 2 is 1.94 bits per heavy atom. The van der Waals surface area contributed by atoms with Crippen molar-refractivity contribution in [2.45, 2.75) is 44.7 Å². The quantitative estimate of drug-likeness (QED) is 0.541. The van der Waals surface area contributed by atoms with E-state index in [4.69, 9.17) is 0 Å². The molecule has 1 aliphatic rings. The molecule has 0 unspecified atom stereocenters. The zero-order valence-corrected chi connectivity index (χ0v) is 17.2. The Labute approximate surface area is 181 Å². The van der Waals surface area contributed by atoms with E-state index in [2.05, 4.69) is 20.4 Å². The van der Waals surface area contributed by atoms with Crippen LogP contribution in [-0.2, 0) is 18.9 Å². The molecule has 170 valence electrons. The molecule has 0 bridgehead atoms. The van der Waals surface area contributed by atoms with Crippen molar-refractivity contribution in [1.82, 2.24) is 25.1 Å². The highest BCUT2D eigenvalue weighted by Crippen LogP contribution is 2.35. The molecule has 32 heavy (non-hydrogen) atoms. The van der Waals surface area contributed by atoms with E-state index in [9.17, 15) is 31.1 Å². The van der Waals surface area contributed by atoms with Crippen molar-refractivity contribution < 1.29 is 31.1 Å². The highest BCUT2D eigenvalue weighted by atomic mass is 32.1. The Kier molecular flexibility index (Phi) is 5.47. The standard InChI is InChI=1S/C19H15F6N5OS/c1-9-15(32-17(27-9)19(23,24)25)16(31)28-11-3-2-6-30-13(11)8-12(29-30)10-4-5-26-14(7-10)18(20,21)22/h4-5,7-8,11H,2-3,6H2,1H3,(H,28,31)/t11-/m0/s1. The van der Waals surface area contributed by atoms with Crippen LogP contribution in [0.15, 0.2) is 24.4 Å². The maximum Gasteiger partial charge on any atom is 0.443 e. The van der Waals surface area contributed by atoms with Crippen LogP contribution >= 0.6 is 11.3 Å². The number of nitrogens with one attached hydrogen (secondary N) is 1. The van der Waals surface area contributed by atoms with Gasteiger partial charge < -0.3 is 5.32 Å². The molecule has 0 saturated heterocycles. The van der Waals surface area contributed by atoms with Crippen molar-refractivity contribution in [2.24, 2.45) is 0 Å². The summed E-state index contributed by atoms with van der Waals surface area (Å²) in [7, 11) is 0. The zero-order valence-electron chi connectivity index (χ0n) is 16.4. The van der Waals surface area contributed by atoms with Gasteiger partial charge in [-0.25, -0.2) is 4.98 Å². The molecule has 6 nitrogen and oxygen atoms in total. The Balaban J connectivity index is 1.60. The number of alkyl halides is 6. The van der Waals surface area contributed by atoms with Crippen molar-refractivity contribution in [2.75, 3.05) is 0 Å². The van der Waals surface area contributed by atoms with Crippen LogP contribution in [0.4, 0.5) is 26.3 Å². The molecular weight excluding hydrogens is 460 g/mol. The first-order chi connectivity index (χ1) is 14.9. The van der Waals surface area contributed by atoms with Gasteiger partial charge in [0, 0.05) is 18.3 Å². The molecule has 4 heterocycles. The number of amides is 1. The minimum absolute atomic E-state index is 0.0266. The van der Waals surface area contributed by atoms with E-state index in [0.29, 0.717) is 25.1 Å². The Morgan fingerprint density at radius 1 is 1.19 bits per heavy atom. The average Bonchev–Trinajstić information content (AvgIpc) is 3.32. The van der Waals surface area contributed by atoms with Crippen LogP contribution in [0.2, 0.25) is 0 Å². The zero-order chi connectivity index (χ0) is 23.3. The number of hydrogen-bond acceptors (Lipinski definition) is 5. The molecule has 1 aliphatic heterocycles. The fourth-order valence-corrected chi connectivity index (χ4v) is 4.30. The van der Waals surface area contributed by atoms with Gasteiger partial charge in [0.2, 0.25) is 0 Å². The first-order valence-electron chi connectivity index (χ1n) is 9.40. The van der Waals surface area contributed by atoms with E-state index in [1.54, 1.807) is 10.7 Å². The van der Waals surface area contributed by atoms with Crippen LogP contribution < -0.4 is 5.32 Å². The third-order valence-corrected chi connectivity index (χ3v) is 6.13. The van der Waals surface area contributed by atoms with Gasteiger partial charge >= 0.3 is 12.4 Å². The minimum atomic E-state index is -4.65. The molecule has 0 saturated carbocycles. The lowest BCUT2D eigenvalue weighted by atomic mass is 10.0. The van der Waals surface area contributed by atoms with Crippen molar-refractivity contribution in [3.63, 3.8) is 0 Å². The van der Waals surface area contributed by atoms with E-state index in [-0.39, 0.29) is 33.2 Å². The second-order valence-electron chi connectivity index (χ2n) is 7.20. The number of nitrogens with zero attached hydrogens (tertiary/aromatic N) is 4. The van der Waals surface area contributed by atoms with Crippen LogP contribution in [0.1, 0.15) is 50.6 Å². The van der Waals surface area contributed by atoms with Crippen LogP contribution in [0.3, 0.4) is 0 Å². The lowest BCUT2D eigenvalue weighted by Gasteiger charge is -2.24. The summed E-state index contributed by atoms with van der Waals surface area (Å²) in [4.78, 5) is 19.3. The van der Waals surface area contributed by atoms with Gasteiger partial charge in [-0.1, -0.05) is 0 Å². The predicted molar refractivity (Wildman–Crippen MR) is 102 cm³/mol. The second kappa shape index (κ2) is 7.87. The smallest absolute Gasteiger partial charge is 0.343 e. The lowest BCUT2D eigenvalue weighted by Crippen LogP contribution is -2.32.